The topological polar surface area (TPSA) is 73.0 Å². The summed E-state index contributed by atoms with van der Waals surface area (Å²) in [5.74, 6) is 0.535. The van der Waals surface area contributed by atoms with Crippen molar-refractivity contribution in [1.82, 2.24) is 4.98 Å². The maximum Gasteiger partial charge on any atom is 0.0738 e. The molecule has 1 atom stereocenters. The molecular weight excluding hydrogens is 308 g/mol. The van der Waals surface area contributed by atoms with Crippen LogP contribution in [0, 0.1) is 23.7 Å². The van der Waals surface area contributed by atoms with Crippen molar-refractivity contribution in [3.8, 4) is 0 Å². The third kappa shape index (κ3) is 6.22. The molecule has 0 amide bonds. The molecule has 0 fully saturated rings. The van der Waals surface area contributed by atoms with Gasteiger partial charge in [-0.15, -0.1) is 0 Å². The molecule has 1 unspecified atom stereocenters. The minimum atomic E-state index is 0.535. The van der Waals surface area contributed by atoms with Crippen molar-refractivity contribution in [2.45, 2.75) is 53.9 Å². The van der Waals surface area contributed by atoms with Crippen molar-refractivity contribution in [3.63, 3.8) is 0 Å². The lowest BCUT2D eigenvalue weighted by Gasteiger charge is -2.10. The van der Waals surface area contributed by atoms with Crippen LogP contribution in [0.3, 0.4) is 0 Å². The van der Waals surface area contributed by atoms with Crippen molar-refractivity contribution < 1.29 is 0 Å². The Kier molecular flexibility index (Phi) is 8.68. The summed E-state index contributed by atoms with van der Waals surface area (Å²) in [5, 5.41) is 15.8. The first-order valence-electron chi connectivity index (χ1n) is 8.91. The molecule has 0 saturated heterocycles. The summed E-state index contributed by atoms with van der Waals surface area (Å²) in [7, 11) is 0. The molecule has 0 saturated carbocycles. The van der Waals surface area contributed by atoms with E-state index >= 15 is 0 Å². The van der Waals surface area contributed by atoms with E-state index in [2.05, 4.69) is 36.8 Å². The number of pyridine rings is 1. The zero-order chi connectivity index (χ0) is 18.8. The first-order chi connectivity index (χ1) is 11.9. The average molecular weight is 338 g/mol. The fourth-order valence-corrected chi connectivity index (χ4v) is 2.37. The minimum Gasteiger partial charge on any atom is -0.308 e. The number of nitrogens with one attached hydrogen (secondary N) is 2. The highest BCUT2D eigenvalue weighted by Crippen LogP contribution is 2.19. The molecule has 1 heterocycles. The van der Waals surface area contributed by atoms with E-state index in [-0.39, 0.29) is 0 Å². The number of aliphatic imine (C=N–C) groups is 1. The van der Waals surface area contributed by atoms with Gasteiger partial charge in [0.25, 0.3) is 0 Å². The molecule has 4 nitrogen and oxygen atoms in total. The fourth-order valence-electron chi connectivity index (χ4n) is 2.37. The van der Waals surface area contributed by atoms with Crippen LogP contribution in [0.5, 0.6) is 0 Å². The summed E-state index contributed by atoms with van der Waals surface area (Å²) in [6.07, 6.45) is 11.7. The minimum absolute atomic E-state index is 0.535. The van der Waals surface area contributed by atoms with E-state index < -0.39 is 0 Å². The second-order valence-corrected chi connectivity index (χ2v) is 6.31. The zero-order valence-electron chi connectivity index (χ0n) is 16.1. The predicted molar refractivity (Wildman–Crippen MR) is 109 cm³/mol. The predicted octanol–water partition coefficient (Wildman–Crippen LogP) is 5.61. The molecule has 2 N–H and O–H groups in total. The number of nitrogens with zero attached hydrogens (tertiary/aromatic N) is 2. The highest BCUT2D eigenvalue weighted by molar-refractivity contribution is 6.09. The van der Waals surface area contributed by atoms with Gasteiger partial charge in [0, 0.05) is 41.2 Å². The maximum atomic E-state index is 8.11. The van der Waals surface area contributed by atoms with E-state index in [0.29, 0.717) is 17.2 Å². The number of aromatic nitrogens is 1. The highest BCUT2D eigenvalue weighted by atomic mass is 14.7. The molecular formula is C21H30N4. The molecule has 0 aromatic carbocycles. The molecule has 1 aromatic rings. The molecule has 0 aliphatic carbocycles. The average Bonchev–Trinajstić information content (AvgIpc) is 2.59. The van der Waals surface area contributed by atoms with Crippen molar-refractivity contribution in [2.75, 3.05) is 0 Å². The van der Waals surface area contributed by atoms with E-state index in [1.807, 2.05) is 26.0 Å². The molecule has 0 aliphatic rings. The maximum absolute atomic E-state index is 8.11. The number of hydrogen-bond acceptors (Lipinski definition) is 4. The highest BCUT2D eigenvalue weighted by Gasteiger charge is 2.10. The number of allylic oxidation sites excluding steroid dienone is 4. The Balaban J connectivity index is 3.07. The van der Waals surface area contributed by atoms with E-state index in [1.54, 1.807) is 12.4 Å². The quantitative estimate of drug-likeness (QED) is 0.564. The van der Waals surface area contributed by atoms with Crippen LogP contribution in [0.15, 0.2) is 35.1 Å². The van der Waals surface area contributed by atoms with Crippen LogP contribution in [0.25, 0.3) is 5.57 Å². The third-order valence-electron chi connectivity index (χ3n) is 4.18. The van der Waals surface area contributed by atoms with E-state index in [1.165, 1.54) is 6.21 Å². The van der Waals surface area contributed by atoms with E-state index in [0.717, 1.165) is 41.8 Å². The van der Waals surface area contributed by atoms with Crippen LogP contribution < -0.4 is 0 Å². The van der Waals surface area contributed by atoms with E-state index in [4.69, 9.17) is 10.8 Å². The van der Waals surface area contributed by atoms with Gasteiger partial charge in [-0.1, -0.05) is 39.7 Å². The van der Waals surface area contributed by atoms with Gasteiger partial charge in [0.15, 0.2) is 0 Å². The van der Waals surface area contributed by atoms with Crippen molar-refractivity contribution in [3.05, 3.63) is 46.9 Å². The molecule has 0 aliphatic heterocycles. The van der Waals surface area contributed by atoms with Gasteiger partial charge in [-0.05, 0) is 43.9 Å². The van der Waals surface area contributed by atoms with Gasteiger partial charge in [0.05, 0.1) is 5.69 Å². The summed E-state index contributed by atoms with van der Waals surface area (Å²) in [4.78, 5) is 8.89. The first kappa shape index (κ1) is 20.7. The van der Waals surface area contributed by atoms with Gasteiger partial charge in [0.2, 0.25) is 0 Å². The zero-order valence-corrected chi connectivity index (χ0v) is 16.1. The molecule has 1 rings (SSSR count). The molecule has 4 heteroatoms. The number of aryl methyl sites for hydroxylation is 1. The molecule has 25 heavy (non-hydrogen) atoms. The van der Waals surface area contributed by atoms with Crippen molar-refractivity contribution in [2.24, 2.45) is 10.9 Å². The Morgan fingerprint density at radius 3 is 2.64 bits per heavy atom. The van der Waals surface area contributed by atoms with Gasteiger partial charge in [0.1, 0.15) is 0 Å². The number of hydrogen-bond donors (Lipinski definition) is 2. The Hall–Kier alpha value is -2.36. The van der Waals surface area contributed by atoms with Gasteiger partial charge in [-0.2, -0.15) is 0 Å². The third-order valence-corrected chi connectivity index (χ3v) is 4.18. The van der Waals surface area contributed by atoms with Gasteiger partial charge in [-0.3, -0.25) is 9.98 Å². The molecule has 0 radical (unpaired) electrons. The van der Waals surface area contributed by atoms with Crippen molar-refractivity contribution in [1.29, 1.82) is 10.8 Å². The normalized spacial score (nSPS) is 14.0. The number of rotatable bonds is 9. The Morgan fingerprint density at radius 1 is 1.36 bits per heavy atom. The van der Waals surface area contributed by atoms with Crippen LogP contribution in [0.2, 0.25) is 0 Å². The summed E-state index contributed by atoms with van der Waals surface area (Å²) in [6, 6.07) is 1.94. The second kappa shape index (κ2) is 10.5. The lowest BCUT2D eigenvalue weighted by molar-refractivity contribution is 0.699. The molecule has 0 spiro atoms. The lowest BCUT2D eigenvalue weighted by atomic mass is 10.0. The van der Waals surface area contributed by atoms with Crippen LogP contribution in [-0.4, -0.2) is 23.1 Å². The summed E-state index contributed by atoms with van der Waals surface area (Å²) in [6.45, 7) is 10.3. The Morgan fingerprint density at radius 2 is 2.08 bits per heavy atom. The summed E-state index contributed by atoms with van der Waals surface area (Å²) >= 11 is 0. The fraction of sp³-hybridized carbons (Fsp3) is 0.429. The molecule has 0 bridgehead atoms. The monoisotopic (exact) mass is 338 g/mol. The lowest BCUT2D eigenvalue weighted by Crippen LogP contribution is -2.04. The van der Waals surface area contributed by atoms with Crippen LogP contribution >= 0.6 is 0 Å². The standard InChI is InChI=1S/C21H30N4/c1-6-9-20(23)19-14-25-21(12-16(19)4)18(13-22)17(5)24-11-8-10-15(3)7-2/h8,10-15,22-23H,6-7,9H2,1-5H3/b10-8-,18-17-,22-13?,23-20?,24-11-. The second-order valence-electron chi connectivity index (χ2n) is 6.31. The SMILES string of the molecule is CCCC(=N)c1cnc(\C(C=N)=C(C)/N=C\C=C/C(C)CC)cc1C. The summed E-state index contributed by atoms with van der Waals surface area (Å²) < 4.78 is 0. The van der Waals surface area contributed by atoms with Gasteiger partial charge in [-0.25, -0.2) is 0 Å². The van der Waals surface area contributed by atoms with Gasteiger partial charge < -0.3 is 10.8 Å². The smallest absolute Gasteiger partial charge is 0.0738 e. The Labute approximate surface area is 151 Å². The first-order valence-corrected chi connectivity index (χ1v) is 8.91. The van der Waals surface area contributed by atoms with Crippen LogP contribution in [-0.2, 0) is 0 Å². The van der Waals surface area contributed by atoms with Gasteiger partial charge >= 0.3 is 0 Å². The van der Waals surface area contributed by atoms with E-state index in [9.17, 15) is 0 Å². The summed E-state index contributed by atoms with van der Waals surface area (Å²) in [5.41, 5.74) is 4.69. The molecule has 1 aromatic heterocycles. The molecule has 134 valence electrons. The Bertz CT molecular complexity index is 696. The largest absolute Gasteiger partial charge is 0.308 e. The van der Waals surface area contributed by atoms with Crippen molar-refractivity contribution >= 4 is 23.7 Å². The van der Waals surface area contributed by atoms with Crippen LogP contribution in [0.4, 0.5) is 0 Å². The van der Waals surface area contributed by atoms with Crippen LogP contribution in [0.1, 0.15) is 63.8 Å².